The molecule has 41 heavy (non-hydrogen) atoms. The Bertz CT molecular complexity index is 1460. The van der Waals surface area contributed by atoms with Gasteiger partial charge >= 0.3 is 0 Å². The van der Waals surface area contributed by atoms with Crippen LogP contribution in [-0.2, 0) is 20.8 Å². The number of fused-ring (bicyclic) bond motifs is 1. The molecule has 3 aliphatic heterocycles. The second-order valence-electron chi connectivity index (χ2n) is 11.4. The third-order valence-corrected chi connectivity index (χ3v) is 11.1. The number of hydrogen-bond acceptors (Lipinski definition) is 5. The van der Waals surface area contributed by atoms with Crippen molar-refractivity contribution in [1.82, 2.24) is 4.90 Å². The highest BCUT2D eigenvalue weighted by Crippen LogP contribution is 2.71. The van der Waals surface area contributed by atoms with Crippen molar-refractivity contribution in [2.75, 3.05) is 17.2 Å². The van der Waals surface area contributed by atoms with Crippen LogP contribution in [0.1, 0.15) is 25.3 Å². The Morgan fingerprint density at radius 3 is 2.22 bits per heavy atom. The summed E-state index contributed by atoms with van der Waals surface area (Å²) in [5.74, 6) is -2.11. The standard InChI is InChI=1S/C32H32ClN3O4S/c1-31-16-17-32(41-31)26(25(31)28(38)34-22-10-6-3-7-11-22)30(40)36(24(19-37)18-20-8-4-2-5-9-20)27(32)29(39)35-23-14-12-21(33)13-15-23/h2-15,24-27,37H,16-19H2,1H3,(H,34,38)(H,35,39)/t24-,25-,26+,27?,31+,32?/m1/s1. The number of rotatable bonds is 8. The first-order valence-electron chi connectivity index (χ1n) is 13.9. The fourth-order valence-corrected chi connectivity index (χ4v) is 9.55. The van der Waals surface area contributed by atoms with Crippen molar-refractivity contribution in [1.29, 1.82) is 0 Å². The number of anilines is 2. The number of carbonyl (C=O) groups is 3. The maximum atomic E-state index is 14.5. The molecule has 3 aliphatic rings. The molecule has 3 amide bonds. The monoisotopic (exact) mass is 589 g/mol. The molecule has 6 atom stereocenters. The summed E-state index contributed by atoms with van der Waals surface area (Å²) in [6.07, 6.45) is 1.72. The molecule has 0 aromatic heterocycles. The van der Waals surface area contributed by atoms with Crippen LogP contribution < -0.4 is 10.6 Å². The molecular formula is C32H32ClN3O4S. The largest absolute Gasteiger partial charge is 0.394 e. The molecule has 212 valence electrons. The fourth-order valence-electron chi connectivity index (χ4n) is 7.08. The maximum Gasteiger partial charge on any atom is 0.248 e. The van der Waals surface area contributed by atoms with Crippen LogP contribution >= 0.6 is 23.4 Å². The quantitative estimate of drug-likeness (QED) is 0.343. The van der Waals surface area contributed by atoms with E-state index in [1.54, 1.807) is 40.9 Å². The first kappa shape index (κ1) is 27.8. The third kappa shape index (κ3) is 4.82. The van der Waals surface area contributed by atoms with E-state index >= 15 is 0 Å². The molecule has 0 saturated carbocycles. The van der Waals surface area contributed by atoms with E-state index in [4.69, 9.17) is 11.6 Å². The van der Waals surface area contributed by atoms with Gasteiger partial charge in [-0.15, -0.1) is 11.8 Å². The van der Waals surface area contributed by atoms with Crippen molar-refractivity contribution >= 4 is 52.5 Å². The number of aliphatic hydroxyl groups is 1. The Labute approximate surface area is 248 Å². The lowest BCUT2D eigenvalue weighted by atomic mass is 9.66. The van der Waals surface area contributed by atoms with Crippen molar-refractivity contribution in [3.8, 4) is 0 Å². The summed E-state index contributed by atoms with van der Waals surface area (Å²) in [5, 5.41) is 17.2. The average molecular weight is 590 g/mol. The van der Waals surface area contributed by atoms with Crippen LogP contribution in [0.5, 0.6) is 0 Å². The summed E-state index contributed by atoms with van der Waals surface area (Å²) in [5.41, 5.74) is 2.19. The Hall–Kier alpha value is -3.33. The average Bonchev–Trinajstić information content (AvgIpc) is 3.54. The van der Waals surface area contributed by atoms with Gasteiger partial charge in [-0.1, -0.05) is 60.1 Å². The SMILES string of the molecule is C[C@@]12CCC3(S1)C(C(=O)Nc1ccc(Cl)cc1)N([C@@H](CO)Cc1ccccc1)C(=O)[C@@H]3[C@@H]2C(=O)Nc1ccccc1. The summed E-state index contributed by atoms with van der Waals surface area (Å²) < 4.78 is -1.30. The Morgan fingerprint density at radius 1 is 0.951 bits per heavy atom. The number of hydrogen-bond donors (Lipinski definition) is 3. The highest BCUT2D eigenvalue weighted by Gasteiger charge is 2.77. The molecule has 3 saturated heterocycles. The predicted octanol–water partition coefficient (Wildman–Crippen LogP) is 5.00. The molecule has 1 spiro atoms. The van der Waals surface area contributed by atoms with Crippen LogP contribution in [0.4, 0.5) is 11.4 Å². The van der Waals surface area contributed by atoms with E-state index in [9.17, 15) is 19.5 Å². The maximum absolute atomic E-state index is 14.5. The van der Waals surface area contributed by atoms with Gasteiger partial charge in [0.05, 0.1) is 29.2 Å². The molecule has 3 aromatic carbocycles. The number of likely N-dealkylation sites (tertiary alicyclic amines) is 1. The first-order chi connectivity index (χ1) is 19.8. The molecule has 2 unspecified atom stereocenters. The predicted molar refractivity (Wildman–Crippen MR) is 162 cm³/mol. The van der Waals surface area contributed by atoms with Gasteiger partial charge in [0.1, 0.15) is 6.04 Å². The van der Waals surface area contributed by atoms with Gasteiger partial charge in [0.15, 0.2) is 0 Å². The highest BCUT2D eigenvalue weighted by atomic mass is 35.5. The van der Waals surface area contributed by atoms with Crippen molar-refractivity contribution in [3.05, 3.63) is 95.5 Å². The van der Waals surface area contributed by atoms with E-state index in [-0.39, 0.29) is 24.3 Å². The van der Waals surface area contributed by atoms with Crippen LogP contribution in [0.2, 0.25) is 5.02 Å². The topological polar surface area (TPSA) is 98.7 Å². The summed E-state index contributed by atoms with van der Waals surface area (Å²) >= 11 is 7.67. The highest BCUT2D eigenvalue weighted by molar-refractivity contribution is 8.02. The van der Waals surface area contributed by atoms with Gasteiger partial charge in [-0.3, -0.25) is 14.4 Å². The molecule has 6 rings (SSSR count). The number of thioether (sulfide) groups is 1. The summed E-state index contributed by atoms with van der Waals surface area (Å²) in [6.45, 7) is 1.73. The van der Waals surface area contributed by atoms with Gasteiger partial charge in [-0.05, 0) is 68.1 Å². The number of benzene rings is 3. The second-order valence-corrected chi connectivity index (χ2v) is 13.7. The van der Waals surface area contributed by atoms with E-state index in [0.29, 0.717) is 35.7 Å². The number of nitrogens with zero attached hydrogens (tertiary/aromatic N) is 1. The van der Waals surface area contributed by atoms with Gasteiger partial charge in [0.2, 0.25) is 17.7 Å². The van der Waals surface area contributed by atoms with Gasteiger partial charge in [0.25, 0.3) is 0 Å². The van der Waals surface area contributed by atoms with E-state index in [2.05, 4.69) is 10.6 Å². The van der Waals surface area contributed by atoms with Gasteiger partial charge < -0.3 is 20.6 Å². The molecular weight excluding hydrogens is 558 g/mol. The number of amides is 3. The van der Waals surface area contributed by atoms with Crippen molar-refractivity contribution in [2.24, 2.45) is 11.8 Å². The van der Waals surface area contributed by atoms with E-state index in [1.165, 1.54) is 0 Å². The lowest BCUT2D eigenvalue weighted by Crippen LogP contribution is -2.55. The van der Waals surface area contributed by atoms with Gasteiger partial charge in [-0.2, -0.15) is 0 Å². The van der Waals surface area contributed by atoms with E-state index in [0.717, 1.165) is 5.56 Å². The molecule has 7 nitrogen and oxygen atoms in total. The number of nitrogens with one attached hydrogen (secondary N) is 2. The molecule has 9 heteroatoms. The van der Waals surface area contributed by atoms with Crippen molar-refractivity contribution < 1.29 is 19.5 Å². The number of para-hydroxylation sites is 1. The minimum Gasteiger partial charge on any atom is -0.394 e. The molecule has 3 heterocycles. The summed E-state index contributed by atoms with van der Waals surface area (Å²) in [6, 6.07) is 24.2. The van der Waals surface area contributed by atoms with E-state index < -0.39 is 33.4 Å². The Balaban J connectivity index is 1.39. The van der Waals surface area contributed by atoms with Gasteiger partial charge in [0, 0.05) is 21.1 Å². The first-order valence-corrected chi connectivity index (χ1v) is 15.0. The molecule has 2 bridgehead atoms. The lowest BCUT2D eigenvalue weighted by molar-refractivity contribution is -0.141. The summed E-state index contributed by atoms with van der Waals surface area (Å²) in [7, 11) is 0. The Kier molecular flexibility index (Phi) is 7.34. The number of carbonyl (C=O) groups excluding carboxylic acids is 3. The van der Waals surface area contributed by atoms with Gasteiger partial charge in [-0.25, -0.2) is 0 Å². The molecule has 3 fully saturated rings. The normalized spacial score (nSPS) is 28.8. The molecule has 3 aromatic rings. The third-order valence-electron chi connectivity index (χ3n) is 8.82. The minimum atomic E-state index is -0.863. The van der Waals surface area contributed by atoms with Crippen LogP contribution in [0.3, 0.4) is 0 Å². The zero-order valence-electron chi connectivity index (χ0n) is 22.6. The summed E-state index contributed by atoms with van der Waals surface area (Å²) in [4.78, 5) is 44.2. The number of aliphatic hydroxyl groups excluding tert-OH is 1. The fraction of sp³-hybridized carbons (Fsp3) is 0.344. The van der Waals surface area contributed by atoms with Crippen LogP contribution in [-0.4, -0.2) is 55.9 Å². The molecule has 3 N–H and O–H groups in total. The van der Waals surface area contributed by atoms with Crippen molar-refractivity contribution in [3.63, 3.8) is 0 Å². The van der Waals surface area contributed by atoms with E-state index in [1.807, 2.05) is 67.6 Å². The number of halogens is 1. The zero-order chi connectivity index (χ0) is 28.8. The van der Waals surface area contributed by atoms with Crippen LogP contribution in [0.15, 0.2) is 84.9 Å². The van der Waals surface area contributed by atoms with Crippen LogP contribution in [0, 0.1) is 11.8 Å². The Morgan fingerprint density at radius 2 is 1.56 bits per heavy atom. The minimum absolute atomic E-state index is 0.214. The lowest BCUT2D eigenvalue weighted by Gasteiger charge is -2.37. The smallest absolute Gasteiger partial charge is 0.248 e. The molecule has 0 aliphatic carbocycles. The zero-order valence-corrected chi connectivity index (χ0v) is 24.2. The molecule has 0 radical (unpaired) electrons. The van der Waals surface area contributed by atoms with Crippen molar-refractivity contribution in [2.45, 2.75) is 47.8 Å². The van der Waals surface area contributed by atoms with Crippen LogP contribution in [0.25, 0.3) is 0 Å². The second kappa shape index (κ2) is 10.8.